The fourth-order valence-corrected chi connectivity index (χ4v) is 2.05. The first-order valence-electron chi connectivity index (χ1n) is 7.29. The summed E-state index contributed by atoms with van der Waals surface area (Å²) in [5.41, 5.74) is 0.887. The topological polar surface area (TPSA) is 89.3 Å². The highest BCUT2D eigenvalue weighted by Gasteiger charge is 2.10. The quantitative estimate of drug-likeness (QED) is 0.724. The van der Waals surface area contributed by atoms with Gasteiger partial charge in [-0.2, -0.15) is 0 Å². The monoisotopic (exact) mass is 324 g/mol. The Kier molecular flexibility index (Phi) is 4.71. The molecule has 0 saturated carbocycles. The number of hydrogen-bond donors (Lipinski definition) is 2. The van der Waals surface area contributed by atoms with Gasteiger partial charge in [0.15, 0.2) is 0 Å². The molecule has 0 aliphatic carbocycles. The fraction of sp³-hybridized carbons (Fsp3) is 0.118. The molecule has 3 rings (SSSR count). The molecule has 7 nitrogen and oxygen atoms in total. The van der Waals surface area contributed by atoms with E-state index >= 15 is 0 Å². The van der Waals surface area contributed by atoms with Crippen LogP contribution in [0.15, 0.2) is 59.3 Å². The van der Waals surface area contributed by atoms with Crippen LogP contribution < -0.4 is 15.4 Å². The van der Waals surface area contributed by atoms with Crippen molar-refractivity contribution in [1.82, 2.24) is 9.97 Å². The van der Waals surface area contributed by atoms with Gasteiger partial charge in [0.2, 0.25) is 5.95 Å². The maximum absolute atomic E-state index is 12.3. The third-order valence-electron chi connectivity index (χ3n) is 3.22. The molecule has 0 radical (unpaired) electrons. The Bertz CT molecular complexity index is 818. The minimum absolute atomic E-state index is 0.259. The Hall–Kier alpha value is -3.35. The minimum atomic E-state index is -0.327. The van der Waals surface area contributed by atoms with Crippen LogP contribution in [-0.2, 0) is 6.54 Å². The maximum atomic E-state index is 12.3. The van der Waals surface area contributed by atoms with Crippen LogP contribution in [0.3, 0.4) is 0 Å². The Morgan fingerprint density at radius 1 is 1.25 bits per heavy atom. The highest BCUT2D eigenvalue weighted by atomic mass is 16.5. The SMILES string of the molecule is COc1cccc(NC(=O)c2ccnc(NCc3ccco3)n2)c1. The van der Waals surface area contributed by atoms with Gasteiger partial charge in [-0.15, -0.1) is 0 Å². The Morgan fingerprint density at radius 2 is 2.17 bits per heavy atom. The van der Waals surface area contributed by atoms with Crippen LogP contribution in [0.25, 0.3) is 0 Å². The molecule has 2 N–H and O–H groups in total. The molecule has 3 aromatic rings. The molecule has 0 atom stereocenters. The Labute approximate surface area is 138 Å². The zero-order chi connectivity index (χ0) is 16.8. The standard InChI is InChI=1S/C17H16N4O3/c1-23-13-5-2-4-12(10-13)20-16(22)15-7-8-18-17(21-15)19-11-14-6-3-9-24-14/h2-10H,11H2,1H3,(H,20,22)(H,18,19,21). The molecule has 2 aromatic heterocycles. The van der Waals surface area contributed by atoms with Gasteiger partial charge in [-0.1, -0.05) is 6.07 Å². The van der Waals surface area contributed by atoms with Crippen molar-refractivity contribution in [3.8, 4) is 5.75 Å². The Morgan fingerprint density at radius 3 is 2.96 bits per heavy atom. The van der Waals surface area contributed by atoms with Crippen LogP contribution in [0.2, 0.25) is 0 Å². The van der Waals surface area contributed by atoms with Gasteiger partial charge in [0.25, 0.3) is 5.91 Å². The number of ether oxygens (including phenoxy) is 1. The number of nitrogens with one attached hydrogen (secondary N) is 2. The number of methoxy groups -OCH3 is 1. The predicted octanol–water partition coefficient (Wildman–Crippen LogP) is 2.94. The first-order chi connectivity index (χ1) is 11.7. The minimum Gasteiger partial charge on any atom is -0.497 e. The summed E-state index contributed by atoms with van der Waals surface area (Å²) in [6.07, 6.45) is 3.12. The van der Waals surface area contributed by atoms with E-state index in [1.165, 1.54) is 6.20 Å². The van der Waals surface area contributed by atoms with E-state index in [-0.39, 0.29) is 11.6 Å². The van der Waals surface area contributed by atoms with Gasteiger partial charge < -0.3 is 19.8 Å². The van der Waals surface area contributed by atoms with E-state index in [9.17, 15) is 4.79 Å². The number of hydrogen-bond acceptors (Lipinski definition) is 6. The molecule has 1 aromatic carbocycles. The lowest BCUT2D eigenvalue weighted by molar-refractivity contribution is 0.102. The van der Waals surface area contributed by atoms with E-state index in [1.54, 1.807) is 49.8 Å². The lowest BCUT2D eigenvalue weighted by Gasteiger charge is -2.08. The predicted molar refractivity (Wildman–Crippen MR) is 89.0 cm³/mol. The smallest absolute Gasteiger partial charge is 0.274 e. The van der Waals surface area contributed by atoms with Crippen molar-refractivity contribution in [2.45, 2.75) is 6.54 Å². The van der Waals surface area contributed by atoms with E-state index in [4.69, 9.17) is 9.15 Å². The summed E-state index contributed by atoms with van der Waals surface area (Å²) in [5, 5.41) is 5.78. The number of furan rings is 1. The molecule has 122 valence electrons. The largest absolute Gasteiger partial charge is 0.497 e. The van der Waals surface area contributed by atoms with E-state index < -0.39 is 0 Å². The lowest BCUT2D eigenvalue weighted by Crippen LogP contribution is -2.15. The molecule has 0 aliphatic heterocycles. The zero-order valence-corrected chi connectivity index (χ0v) is 13.0. The molecule has 0 bridgehead atoms. The number of nitrogens with zero attached hydrogens (tertiary/aromatic N) is 2. The molecule has 0 spiro atoms. The van der Waals surface area contributed by atoms with Crippen molar-refractivity contribution in [2.75, 3.05) is 17.7 Å². The third kappa shape index (κ3) is 3.89. The number of carbonyl (C=O) groups excluding carboxylic acids is 1. The van der Waals surface area contributed by atoms with Gasteiger partial charge >= 0.3 is 0 Å². The molecule has 1 amide bonds. The average Bonchev–Trinajstić information content (AvgIpc) is 3.14. The number of aromatic nitrogens is 2. The molecule has 24 heavy (non-hydrogen) atoms. The summed E-state index contributed by atoms with van der Waals surface area (Å²) in [4.78, 5) is 20.6. The summed E-state index contributed by atoms with van der Waals surface area (Å²) in [7, 11) is 1.57. The average molecular weight is 324 g/mol. The molecule has 0 unspecified atom stereocenters. The first-order valence-corrected chi connectivity index (χ1v) is 7.29. The highest BCUT2D eigenvalue weighted by molar-refractivity contribution is 6.03. The number of benzene rings is 1. The van der Waals surface area contributed by atoms with Crippen LogP contribution >= 0.6 is 0 Å². The number of rotatable bonds is 6. The fourth-order valence-electron chi connectivity index (χ4n) is 2.05. The Balaban J connectivity index is 1.67. The molecule has 0 aliphatic rings. The second-order valence-electron chi connectivity index (χ2n) is 4.88. The second-order valence-corrected chi connectivity index (χ2v) is 4.88. The van der Waals surface area contributed by atoms with E-state index in [2.05, 4.69) is 20.6 Å². The second kappa shape index (κ2) is 7.28. The number of anilines is 2. The molecular weight excluding hydrogens is 308 g/mol. The molecular formula is C17H16N4O3. The van der Waals surface area contributed by atoms with Gasteiger partial charge in [0, 0.05) is 18.0 Å². The zero-order valence-electron chi connectivity index (χ0n) is 13.0. The van der Waals surface area contributed by atoms with Crippen LogP contribution in [0.5, 0.6) is 5.75 Å². The van der Waals surface area contributed by atoms with Crippen LogP contribution in [0, 0.1) is 0 Å². The molecule has 0 saturated heterocycles. The van der Waals surface area contributed by atoms with E-state index in [0.717, 1.165) is 5.76 Å². The van der Waals surface area contributed by atoms with Gasteiger partial charge in [-0.3, -0.25) is 4.79 Å². The van der Waals surface area contributed by atoms with Crippen molar-refractivity contribution in [2.24, 2.45) is 0 Å². The third-order valence-corrected chi connectivity index (χ3v) is 3.22. The van der Waals surface area contributed by atoms with Gasteiger partial charge in [-0.25, -0.2) is 9.97 Å². The maximum Gasteiger partial charge on any atom is 0.274 e. The summed E-state index contributed by atoms with van der Waals surface area (Å²) in [6, 6.07) is 12.3. The van der Waals surface area contributed by atoms with Crippen LogP contribution in [0.1, 0.15) is 16.2 Å². The summed E-state index contributed by atoms with van der Waals surface area (Å²) >= 11 is 0. The van der Waals surface area contributed by atoms with Crippen molar-refractivity contribution in [3.63, 3.8) is 0 Å². The lowest BCUT2D eigenvalue weighted by atomic mass is 10.3. The van der Waals surface area contributed by atoms with Crippen molar-refractivity contribution < 1.29 is 13.9 Å². The van der Waals surface area contributed by atoms with Gasteiger partial charge in [-0.05, 0) is 30.3 Å². The first kappa shape index (κ1) is 15.5. The summed E-state index contributed by atoms with van der Waals surface area (Å²) in [5.74, 6) is 1.44. The van der Waals surface area contributed by atoms with E-state index in [1.807, 2.05) is 6.07 Å². The highest BCUT2D eigenvalue weighted by Crippen LogP contribution is 2.17. The summed E-state index contributed by atoms with van der Waals surface area (Å²) in [6.45, 7) is 0.438. The molecule has 0 fully saturated rings. The van der Waals surface area contributed by atoms with Crippen LogP contribution in [0.4, 0.5) is 11.6 Å². The van der Waals surface area contributed by atoms with E-state index in [0.29, 0.717) is 23.9 Å². The van der Waals surface area contributed by atoms with Gasteiger partial charge in [0.1, 0.15) is 17.2 Å². The van der Waals surface area contributed by atoms with Crippen molar-refractivity contribution in [3.05, 3.63) is 66.4 Å². The van der Waals surface area contributed by atoms with Gasteiger partial charge in [0.05, 0.1) is 19.9 Å². The number of amides is 1. The normalized spacial score (nSPS) is 10.2. The summed E-state index contributed by atoms with van der Waals surface area (Å²) < 4.78 is 10.4. The molecule has 2 heterocycles. The van der Waals surface area contributed by atoms with Crippen molar-refractivity contribution in [1.29, 1.82) is 0 Å². The number of carbonyl (C=O) groups is 1. The molecule has 7 heteroatoms. The van der Waals surface area contributed by atoms with Crippen LogP contribution in [-0.4, -0.2) is 23.0 Å². The van der Waals surface area contributed by atoms with Crippen molar-refractivity contribution >= 4 is 17.5 Å².